The van der Waals surface area contributed by atoms with Crippen molar-refractivity contribution in [3.8, 4) is 11.5 Å². The number of carbonyl (C=O) groups excluding carboxylic acids is 1. The summed E-state index contributed by atoms with van der Waals surface area (Å²) in [7, 11) is 1.39. The van der Waals surface area contributed by atoms with Gasteiger partial charge in [0.15, 0.2) is 11.5 Å². The molecule has 0 heterocycles. The van der Waals surface area contributed by atoms with Gasteiger partial charge in [-0.1, -0.05) is 29.3 Å². The predicted octanol–water partition coefficient (Wildman–Crippen LogP) is 5.63. The Labute approximate surface area is 173 Å². The SMILES string of the molecule is COc1cc(/C=C/[N+](=O)[O-])cc(Br)c1OC(=O)/C=C/c1ccc(Cl)cc1Cl. The lowest BCUT2D eigenvalue weighted by molar-refractivity contribution is -0.400. The van der Waals surface area contributed by atoms with Crippen LogP contribution >= 0.6 is 39.1 Å². The van der Waals surface area contributed by atoms with Crippen molar-refractivity contribution in [2.24, 2.45) is 0 Å². The van der Waals surface area contributed by atoms with Crippen LogP contribution < -0.4 is 9.47 Å². The Kier molecular flexibility index (Phi) is 7.41. The van der Waals surface area contributed by atoms with Crippen LogP contribution in [0.3, 0.4) is 0 Å². The van der Waals surface area contributed by atoms with Crippen molar-refractivity contribution in [3.63, 3.8) is 0 Å². The molecule has 0 aliphatic carbocycles. The summed E-state index contributed by atoms with van der Waals surface area (Å²) in [6.45, 7) is 0. The van der Waals surface area contributed by atoms with E-state index in [1.165, 1.54) is 31.4 Å². The second-order valence-electron chi connectivity index (χ2n) is 5.06. The third kappa shape index (κ3) is 6.09. The molecular weight excluding hydrogens is 461 g/mol. The molecule has 0 aromatic heterocycles. The molecule has 27 heavy (non-hydrogen) atoms. The van der Waals surface area contributed by atoms with Gasteiger partial charge in [-0.15, -0.1) is 0 Å². The third-order valence-corrected chi connectivity index (χ3v) is 4.36. The monoisotopic (exact) mass is 471 g/mol. The molecule has 0 amide bonds. The zero-order chi connectivity index (χ0) is 20.0. The minimum Gasteiger partial charge on any atom is -0.493 e. The van der Waals surface area contributed by atoms with Crippen molar-refractivity contribution < 1.29 is 19.2 Å². The van der Waals surface area contributed by atoms with Gasteiger partial charge in [0.05, 0.1) is 16.5 Å². The van der Waals surface area contributed by atoms with E-state index in [-0.39, 0.29) is 11.5 Å². The Morgan fingerprint density at radius 3 is 2.59 bits per heavy atom. The summed E-state index contributed by atoms with van der Waals surface area (Å²) in [6, 6.07) is 7.94. The Bertz CT molecular complexity index is 944. The van der Waals surface area contributed by atoms with Gasteiger partial charge in [-0.2, -0.15) is 0 Å². The smallest absolute Gasteiger partial charge is 0.336 e. The number of nitro groups is 1. The Morgan fingerprint density at radius 1 is 1.22 bits per heavy atom. The molecule has 140 valence electrons. The standard InChI is InChI=1S/C18H12BrCl2NO5/c1-26-16-9-11(6-7-22(24)25)8-14(19)18(16)27-17(23)5-3-12-2-4-13(20)10-15(12)21/h2-10H,1H3/b5-3+,7-6+. The molecule has 2 aromatic rings. The molecule has 0 bridgehead atoms. The fraction of sp³-hybridized carbons (Fsp3) is 0.0556. The lowest BCUT2D eigenvalue weighted by Crippen LogP contribution is -2.06. The topological polar surface area (TPSA) is 78.7 Å². The van der Waals surface area contributed by atoms with Crippen molar-refractivity contribution in [1.82, 2.24) is 0 Å². The first kappa shape index (κ1) is 21.0. The largest absolute Gasteiger partial charge is 0.493 e. The summed E-state index contributed by atoms with van der Waals surface area (Å²) in [6.07, 6.45) is 4.80. The quantitative estimate of drug-likeness (QED) is 0.179. The van der Waals surface area contributed by atoms with E-state index >= 15 is 0 Å². The van der Waals surface area contributed by atoms with Gasteiger partial charge in [-0.3, -0.25) is 10.1 Å². The molecule has 0 aliphatic heterocycles. The zero-order valence-corrected chi connectivity index (χ0v) is 16.9. The molecule has 6 nitrogen and oxygen atoms in total. The highest BCUT2D eigenvalue weighted by Gasteiger charge is 2.14. The molecule has 0 atom stereocenters. The van der Waals surface area contributed by atoms with Crippen LogP contribution in [0.2, 0.25) is 10.0 Å². The summed E-state index contributed by atoms with van der Waals surface area (Å²) in [4.78, 5) is 22.0. The van der Waals surface area contributed by atoms with Crippen LogP contribution in [0.1, 0.15) is 11.1 Å². The van der Waals surface area contributed by atoms with Gasteiger partial charge in [0.2, 0.25) is 6.20 Å². The van der Waals surface area contributed by atoms with E-state index in [1.54, 1.807) is 24.3 Å². The first-order valence-electron chi connectivity index (χ1n) is 7.34. The number of benzene rings is 2. The summed E-state index contributed by atoms with van der Waals surface area (Å²) in [5.41, 5.74) is 1.10. The van der Waals surface area contributed by atoms with Crippen LogP contribution in [0.15, 0.2) is 47.1 Å². The molecule has 0 N–H and O–H groups in total. The summed E-state index contributed by atoms with van der Waals surface area (Å²) in [5.74, 6) is -0.278. The average Bonchev–Trinajstić information content (AvgIpc) is 2.61. The summed E-state index contributed by atoms with van der Waals surface area (Å²) >= 11 is 15.1. The van der Waals surface area contributed by atoms with E-state index in [1.807, 2.05) is 0 Å². The van der Waals surface area contributed by atoms with Gasteiger partial charge in [0, 0.05) is 22.2 Å². The van der Waals surface area contributed by atoms with Gasteiger partial charge in [0.1, 0.15) is 0 Å². The molecule has 0 unspecified atom stereocenters. The second-order valence-corrected chi connectivity index (χ2v) is 6.75. The normalized spacial score (nSPS) is 11.1. The zero-order valence-electron chi connectivity index (χ0n) is 13.8. The molecule has 9 heteroatoms. The van der Waals surface area contributed by atoms with E-state index in [0.29, 0.717) is 25.6 Å². The lowest BCUT2D eigenvalue weighted by atomic mass is 10.2. The summed E-state index contributed by atoms with van der Waals surface area (Å²) in [5, 5.41) is 11.3. The number of hydrogen-bond donors (Lipinski definition) is 0. The van der Waals surface area contributed by atoms with Crippen molar-refractivity contribution in [2.45, 2.75) is 0 Å². The van der Waals surface area contributed by atoms with Crippen molar-refractivity contribution >= 4 is 57.3 Å². The predicted molar refractivity (Wildman–Crippen MR) is 108 cm³/mol. The minimum absolute atomic E-state index is 0.146. The molecule has 0 fully saturated rings. The molecule has 0 radical (unpaired) electrons. The lowest BCUT2D eigenvalue weighted by Gasteiger charge is -2.11. The first-order valence-corrected chi connectivity index (χ1v) is 8.89. The van der Waals surface area contributed by atoms with E-state index in [4.69, 9.17) is 32.7 Å². The highest BCUT2D eigenvalue weighted by Crippen LogP contribution is 2.37. The van der Waals surface area contributed by atoms with Gasteiger partial charge in [-0.25, -0.2) is 4.79 Å². The second kappa shape index (κ2) is 9.55. The molecule has 0 saturated carbocycles. The minimum atomic E-state index is -0.659. The van der Waals surface area contributed by atoms with Gasteiger partial charge in [0.25, 0.3) is 0 Å². The Hall–Kier alpha value is -2.35. The summed E-state index contributed by atoms with van der Waals surface area (Å²) < 4.78 is 10.9. The number of hydrogen-bond acceptors (Lipinski definition) is 5. The highest BCUT2D eigenvalue weighted by molar-refractivity contribution is 9.10. The Morgan fingerprint density at radius 2 is 1.96 bits per heavy atom. The number of rotatable bonds is 6. The molecule has 2 aromatic carbocycles. The average molecular weight is 473 g/mol. The van der Waals surface area contributed by atoms with Crippen LogP contribution in [-0.2, 0) is 4.79 Å². The van der Waals surface area contributed by atoms with Gasteiger partial charge in [-0.05, 0) is 57.4 Å². The number of halogens is 3. The van der Waals surface area contributed by atoms with Gasteiger partial charge < -0.3 is 9.47 Å². The van der Waals surface area contributed by atoms with E-state index in [9.17, 15) is 14.9 Å². The maximum atomic E-state index is 12.1. The van der Waals surface area contributed by atoms with Crippen LogP contribution in [0.4, 0.5) is 0 Å². The van der Waals surface area contributed by atoms with Crippen LogP contribution in [0, 0.1) is 10.1 Å². The number of carbonyl (C=O) groups is 1. The number of nitrogens with zero attached hydrogens (tertiary/aromatic N) is 1. The molecule has 0 aliphatic rings. The van der Waals surface area contributed by atoms with Gasteiger partial charge >= 0.3 is 5.97 Å². The van der Waals surface area contributed by atoms with E-state index in [2.05, 4.69) is 15.9 Å². The van der Waals surface area contributed by atoms with E-state index < -0.39 is 10.9 Å². The number of ether oxygens (including phenoxy) is 2. The van der Waals surface area contributed by atoms with Crippen molar-refractivity contribution in [1.29, 1.82) is 0 Å². The van der Waals surface area contributed by atoms with Crippen LogP contribution in [0.5, 0.6) is 11.5 Å². The number of methoxy groups -OCH3 is 1. The van der Waals surface area contributed by atoms with Crippen LogP contribution in [0.25, 0.3) is 12.2 Å². The maximum Gasteiger partial charge on any atom is 0.336 e. The molecule has 0 spiro atoms. The van der Waals surface area contributed by atoms with Crippen molar-refractivity contribution in [2.75, 3.05) is 7.11 Å². The van der Waals surface area contributed by atoms with Crippen molar-refractivity contribution in [3.05, 3.63) is 78.4 Å². The fourth-order valence-corrected chi connectivity index (χ4v) is 3.02. The number of esters is 1. The molecule has 0 saturated heterocycles. The third-order valence-electron chi connectivity index (χ3n) is 3.20. The molecular formula is C18H12BrCl2NO5. The maximum absolute atomic E-state index is 12.1. The molecule has 2 rings (SSSR count). The fourth-order valence-electron chi connectivity index (χ4n) is 2.01. The van der Waals surface area contributed by atoms with Crippen LogP contribution in [-0.4, -0.2) is 18.0 Å². The van der Waals surface area contributed by atoms with E-state index in [0.717, 1.165) is 6.20 Å². The highest BCUT2D eigenvalue weighted by atomic mass is 79.9. The first-order chi connectivity index (χ1) is 12.8. The Balaban J connectivity index is 2.21.